The van der Waals surface area contributed by atoms with Gasteiger partial charge in [0.2, 0.25) is 5.91 Å². The number of benzene rings is 1. The fourth-order valence-electron chi connectivity index (χ4n) is 4.05. The van der Waals surface area contributed by atoms with Crippen LogP contribution in [0.4, 0.5) is 0 Å². The fourth-order valence-corrected chi connectivity index (χ4v) is 4.45. The number of H-pyrrole nitrogens is 1. The van der Waals surface area contributed by atoms with E-state index in [0.717, 1.165) is 39.0 Å². The van der Waals surface area contributed by atoms with Crippen molar-refractivity contribution in [2.24, 2.45) is 0 Å². The van der Waals surface area contributed by atoms with Crippen molar-refractivity contribution in [3.8, 4) is 11.1 Å². The van der Waals surface area contributed by atoms with Crippen molar-refractivity contribution in [2.45, 2.75) is 26.3 Å². The van der Waals surface area contributed by atoms with E-state index in [2.05, 4.69) is 9.97 Å². The molecule has 3 aromatic rings. The number of aromatic nitrogens is 2. The topological polar surface area (TPSA) is 69.2 Å². The highest BCUT2D eigenvalue weighted by Crippen LogP contribution is 2.45. The fraction of sp³-hybridized carbons (Fsp3) is 0.300. The number of aryl methyl sites for hydroxylation is 1. The van der Waals surface area contributed by atoms with E-state index in [1.807, 2.05) is 32.0 Å². The van der Waals surface area contributed by atoms with Gasteiger partial charge >= 0.3 is 0 Å². The Labute approximate surface area is 166 Å². The smallest absolute Gasteiger partial charge is 0.248 e. The maximum Gasteiger partial charge on any atom is 0.248 e. The highest BCUT2D eigenvalue weighted by atomic mass is 35.5. The Morgan fingerprint density at radius 3 is 2.89 bits per heavy atom. The number of nitrogens with one attached hydrogen (secondary N) is 1. The minimum absolute atomic E-state index is 0.185. The van der Waals surface area contributed by atoms with Gasteiger partial charge in [0.15, 0.2) is 0 Å². The zero-order chi connectivity index (χ0) is 19.3. The normalized spacial score (nSPS) is 16.6. The first-order valence-corrected chi connectivity index (χ1v) is 9.54. The number of aliphatic hydroxyl groups is 1. The van der Waals surface area contributed by atoms with Crippen molar-refractivity contribution in [3.05, 3.63) is 51.4 Å². The summed E-state index contributed by atoms with van der Waals surface area (Å²) in [5.74, 6) is -0.276. The van der Waals surface area contributed by atoms with E-state index < -0.39 is 6.61 Å². The third-order valence-corrected chi connectivity index (χ3v) is 6.12. The van der Waals surface area contributed by atoms with E-state index in [0.29, 0.717) is 23.0 Å². The molecule has 1 atom stereocenters. The molecule has 0 unspecified atom stereocenters. The number of nitrogens with zero attached hydrogens (tertiary/aromatic N) is 2. The zero-order valence-electron chi connectivity index (χ0n) is 15.0. The number of aliphatic hydroxyl groups excluding tert-OH is 1. The Morgan fingerprint density at radius 1 is 1.41 bits per heavy atom. The molecule has 2 N–H and O–H groups in total. The molecule has 3 heterocycles. The molecule has 140 valence electrons. The number of fused-ring (bicyclic) bond motifs is 3. The van der Waals surface area contributed by atoms with Gasteiger partial charge in [-0.2, -0.15) is 0 Å². The largest absolute Gasteiger partial charge is 0.387 e. The Hall–Kier alpha value is -2.08. The van der Waals surface area contributed by atoms with E-state index in [9.17, 15) is 9.90 Å². The quantitative estimate of drug-likeness (QED) is 0.670. The summed E-state index contributed by atoms with van der Waals surface area (Å²) in [4.78, 5) is 21.7. The summed E-state index contributed by atoms with van der Waals surface area (Å²) < 4.78 is 0. The van der Waals surface area contributed by atoms with Gasteiger partial charge in [-0.3, -0.25) is 9.78 Å². The molecule has 0 aliphatic carbocycles. The first kappa shape index (κ1) is 18.3. The summed E-state index contributed by atoms with van der Waals surface area (Å²) in [7, 11) is 0. The van der Waals surface area contributed by atoms with Gasteiger partial charge in [-0.05, 0) is 31.5 Å². The van der Waals surface area contributed by atoms with E-state index in [-0.39, 0.29) is 11.9 Å². The SMILES string of the molecule is Cc1ncccc1-c1cc(Cl)c(Cl)c2[nH]c3c(c12)[C@H](C)N(C(=O)CO)CC3. The van der Waals surface area contributed by atoms with Crippen LogP contribution in [0.3, 0.4) is 0 Å². The minimum Gasteiger partial charge on any atom is -0.387 e. The second-order valence-corrected chi connectivity index (χ2v) is 7.58. The molecule has 0 spiro atoms. The van der Waals surface area contributed by atoms with E-state index >= 15 is 0 Å². The van der Waals surface area contributed by atoms with E-state index in [4.69, 9.17) is 23.2 Å². The molecule has 0 saturated heterocycles. The van der Waals surface area contributed by atoms with Gasteiger partial charge in [-0.15, -0.1) is 0 Å². The van der Waals surface area contributed by atoms with Crippen LogP contribution < -0.4 is 0 Å². The first-order valence-electron chi connectivity index (χ1n) is 8.78. The Kier molecular flexibility index (Phi) is 4.62. The average Bonchev–Trinajstić information content (AvgIpc) is 3.06. The van der Waals surface area contributed by atoms with Gasteiger partial charge in [0.25, 0.3) is 0 Å². The summed E-state index contributed by atoms with van der Waals surface area (Å²) in [5, 5.41) is 11.2. The molecule has 1 aliphatic heterocycles. The number of carbonyl (C=O) groups excluding carboxylic acids is 1. The third kappa shape index (κ3) is 2.81. The van der Waals surface area contributed by atoms with Gasteiger partial charge in [-0.1, -0.05) is 29.3 Å². The van der Waals surface area contributed by atoms with Crippen molar-refractivity contribution in [1.29, 1.82) is 0 Å². The minimum atomic E-state index is -0.497. The average molecular weight is 404 g/mol. The molecule has 1 aliphatic rings. The lowest BCUT2D eigenvalue weighted by Gasteiger charge is -2.33. The van der Waals surface area contributed by atoms with Crippen molar-refractivity contribution in [2.75, 3.05) is 13.2 Å². The van der Waals surface area contributed by atoms with Gasteiger partial charge in [0, 0.05) is 47.1 Å². The summed E-state index contributed by atoms with van der Waals surface area (Å²) in [5.41, 5.74) is 5.64. The molecule has 5 nitrogen and oxygen atoms in total. The van der Waals surface area contributed by atoms with Crippen molar-refractivity contribution in [3.63, 3.8) is 0 Å². The molecular weight excluding hydrogens is 385 g/mol. The van der Waals surface area contributed by atoms with Crippen molar-refractivity contribution < 1.29 is 9.90 Å². The lowest BCUT2D eigenvalue weighted by molar-refractivity contribution is -0.136. The number of rotatable bonds is 2. The molecule has 2 aromatic heterocycles. The molecule has 0 bridgehead atoms. The summed E-state index contributed by atoms with van der Waals surface area (Å²) in [6.07, 6.45) is 2.42. The van der Waals surface area contributed by atoms with Crippen LogP contribution in [0.1, 0.15) is 29.9 Å². The highest BCUT2D eigenvalue weighted by molar-refractivity contribution is 6.45. The monoisotopic (exact) mass is 403 g/mol. The zero-order valence-corrected chi connectivity index (χ0v) is 16.5. The maximum absolute atomic E-state index is 12.2. The molecule has 27 heavy (non-hydrogen) atoms. The Morgan fingerprint density at radius 2 is 2.19 bits per heavy atom. The van der Waals surface area contributed by atoms with Crippen LogP contribution in [-0.4, -0.2) is 39.0 Å². The van der Waals surface area contributed by atoms with E-state index in [1.165, 1.54) is 0 Å². The number of carbonyl (C=O) groups is 1. The summed E-state index contributed by atoms with van der Waals surface area (Å²) >= 11 is 12.9. The highest BCUT2D eigenvalue weighted by Gasteiger charge is 2.32. The lowest BCUT2D eigenvalue weighted by Crippen LogP contribution is -2.40. The van der Waals surface area contributed by atoms with Gasteiger partial charge < -0.3 is 15.0 Å². The maximum atomic E-state index is 12.2. The van der Waals surface area contributed by atoms with Gasteiger partial charge in [0.1, 0.15) is 6.61 Å². The molecule has 1 amide bonds. The van der Waals surface area contributed by atoms with Gasteiger partial charge in [-0.25, -0.2) is 0 Å². The van der Waals surface area contributed by atoms with Crippen LogP contribution >= 0.6 is 23.2 Å². The Balaban J connectivity index is 2.04. The lowest BCUT2D eigenvalue weighted by atomic mass is 9.91. The third-order valence-electron chi connectivity index (χ3n) is 5.33. The van der Waals surface area contributed by atoms with Crippen LogP contribution in [0.5, 0.6) is 0 Å². The second kappa shape index (κ2) is 6.82. The van der Waals surface area contributed by atoms with Crippen LogP contribution in [0.2, 0.25) is 10.0 Å². The van der Waals surface area contributed by atoms with Gasteiger partial charge in [0.05, 0.1) is 21.6 Å². The van der Waals surface area contributed by atoms with Crippen LogP contribution in [0.15, 0.2) is 24.4 Å². The molecule has 1 aromatic carbocycles. The molecule has 0 fully saturated rings. The second-order valence-electron chi connectivity index (χ2n) is 6.79. The van der Waals surface area contributed by atoms with Crippen LogP contribution in [0.25, 0.3) is 22.0 Å². The molecule has 4 rings (SSSR count). The summed E-state index contributed by atoms with van der Waals surface area (Å²) in [6, 6.07) is 5.57. The predicted octanol–water partition coefficient (Wildman–Crippen LogP) is 4.28. The predicted molar refractivity (Wildman–Crippen MR) is 107 cm³/mol. The number of hydrogen-bond donors (Lipinski definition) is 2. The molecule has 0 radical (unpaired) electrons. The molecule has 0 saturated carbocycles. The van der Waals surface area contributed by atoms with E-state index in [1.54, 1.807) is 11.1 Å². The molecular formula is C20H19Cl2N3O2. The van der Waals surface area contributed by atoms with Crippen LogP contribution in [-0.2, 0) is 11.2 Å². The Bertz CT molecular complexity index is 1060. The summed E-state index contributed by atoms with van der Waals surface area (Å²) in [6.45, 7) is 3.98. The standard InChI is InChI=1S/C20H19Cl2N3O2/c1-10-12(4-3-6-23-10)13-8-14(21)19(22)20-18(13)17-11(2)25(16(27)9-26)7-5-15(17)24-20/h3-4,6,8,11,24,26H,5,7,9H2,1-2H3/t11-/m0/s1. The van der Waals surface area contributed by atoms with Crippen molar-refractivity contribution in [1.82, 2.24) is 14.9 Å². The van der Waals surface area contributed by atoms with Crippen LogP contribution in [0, 0.1) is 6.92 Å². The van der Waals surface area contributed by atoms with Crippen molar-refractivity contribution >= 4 is 40.0 Å². The number of hydrogen-bond acceptors (Lipinski definition) is 3. The number of amides is 1. The number of halogens is 2. The molecule has 7 heteroatoms. The first-order chi connectivity index (χ1) is 12.9. The number of pyridine rings is 1. The number of aromatic amines is 1.